The van der Waals surface area contributed by atoms with Gasteiger partial charge < -0.3 is 0 Å². The summed E-state index contributed by atoms with van der Waals surface area (Å²) >= 11 is 0. The molecule has 2 nitrogen and oxygen atoms in total. The molecule has 1 fully saturated rings. The molecule has 14 heavy (non-hydrogen) atoms. The van der Waals surface area contributed by atoms with Crippen LogP contribution in [0.3, 0.4) is 0 Å². The van der Waals surface area contributed by atoms with E-state index in [1.54, 1.807) is 0 Å². The zero-order valence-electron chi connectivity index (χ0n) is 7.90. The van der Waals surface area contributed by atoms with Gasteiger partial charge in [-0.25, -0.2) is 0 Å². The predicted octanol–water partition coefficient (Wildman–Crippen LogP) is 2.09. The molecule has 0 unspecified atom stereocenters. The molecule has 2 rings (SSSR count). The van der Waals surface area contributed by atoms with Crippen LogP contribution in [0, 0.1) is 0 Å². The van der Waals surface area contributed by atoms with Crippen molar-refractivity contribution in [2.75, 3.05) is 0 Å². The lowest BCUT2D eigenvalue weighted by Crippen LogP contribution is -2.23. The molecule has 0 spiro atoms. The first kappa shape index (κ1) is 9.13. The largest absolute Gasteiger partial charge is 0.299 e. The minimum absolute atomic E-state index is 0.0473. The van der Waals surface area contributed by atoms with E-state index in [9.17, 15) is 9.59 Å². The fraction of sp³-hybridized carbons (Fsp3) is 0.333. The molecular formula is C12H12O2. The van der Waals surface area contributed by atoms with Crippen molar-refractivity contribution in [3.8, 4) is 0 Å². The van der Waals surface area contributed by atoms with E-state index >= 15 is 0 Å². The second kappa shape index (κ2) is 3.74. The highest BCUT2D eigenvalue weighted by molar-refractivity contribution is 6.04. The summed E-state index contributed by atoms with van der Waals surface area (Å²) in [5, 5.41) is 0. The van der Waals surface area contributed by atoms with Gasteiger partial charge in [-0.1, -0.05) is 30.3 Å². The Hall–Kier alpha value is -1.44. The van der Waals surface area contributed by atoms with Crippen molar-refractivity contribution in [2.24, 2.45) is 0 Å². The van der Waals surface area contributed by atoms with Crippen LogP contribution >= 0.6 is 0 Å². The van der Waals surface area contributed by atoms with E-state index < -0.39 is 0 Å². The topological polar surface area (TPSA) is 34.1 Å². The molecule has 0 aromatic heterocycles. The van der Waals surface area contributed by atoms with E-state index in [0.717, 1.165) is 5.56 Å². The molecular weight excluding hydrogens is 176 g/mol. The summed E-state index contributed by atoms with van der Waals surface area (Å²) in [6.45, 7) is 0. The maximum absolute atomic E-state index is 11.6. The van der Waals surface area contributed by atoms with Gasteiger partial charge in [0.25, 0.3) is 0 Å². The van der Waals surface area contributed by atoms with Crippen molar-refractivity contribution in [2.45, 2.75) is 25.2 Å². The molecule has 0 radical (unpaired) electrons. The van der Waals surface area contributed by atoms with Gasteiger partial charge in [0.1, 0.15) is 11.6 Å². The molecule has 0 saturated heterocycles. The van der Waals surface area contributed by atoms with Gasteiger partial charge in [0.2, 0.25) is 0 Å². The van der Waals surface area contributed by atoms with Gasteiger partial charge in [0.05, 0.1) is 6.42 Å². The fourth-order valence-corrected chi connectivity index (χ4v) is 1.91. The van der Waals surface area contributed by atoms with Crippen molar-refractivity contribution >= 4 is 11.6 Å². The third kappa shape index (κ3) is 1.74. The number of carbonyl (C=O) groups is 2. The Morgan fingerprint density at radius 2 is 1.79 bits per heavy atom. The third-order valence-corrected chi connectivity index (χ3v) is 2.67. The first-order valence-electron chi connectivity index (χ1n) is 4.87. The molecule has 1 aromatic carbocycles. The lowest BCUT2D eigenvalue weighted by molar-refractivity contribution is -0.130. The zero-order chi connectivity index (χ0) is 9.97. The maximum Gasteiger partial charge on any atom is 0.147 e. The Kier molecular flexibility index (Phi) is 2.44. The molecule has 0 aliphatic heterocycles. The maximum atomic E-state index is 11.6. The third-order valence-electron chi connectivity index (χ3n) is 2.67. The molecule has 0 amide bonds. The van der Waals surface area contributed by atoms with Crippen LogP contribution in [0.4, 0.5) is 0 Å². The standard InChI is InChI=1S/C12H12O2/c13-10-6-7-11(12(14)8-10)9-4-2-1-3-5-9/h1-5,11H,6-8H2/t11-/m0/s1. The Balaban J connectivity index is 2.20. The summed E-state index contributed by atoms with van der Waals surface area (Å²) < 4.78 is 0. The average molecular weight is 188 g/mol. The van der Waals surface area contributed by atoms with Crippen LogP contribution in [0.1, 0.15) is 30.7 Å². The van der Waals surface area contributed by atoms with Crippen LogP contribution in [-0.2, 0) is 9.59 Å². The van der Waals surface area contributed by atoms with Crippen LogP contribution < -0.4 is 0 Å². The van der Waals surface area contributed by atoms with Crippen molar-refractivity contribution in [3.05, 3.63) is 35.9 Å². The van der Waals surface area contributed by atoms with E-state index in [1.807, 2.05) is 30.3 Å². The fourth-order valence-electron chi connectivity index (χ4n) is 1.91. The van der Waals surface area contributed by atoms with Crippen molar-refractivity contribution in [1.29, 1.82) is 0 Å². The van der Waals surface area contributed by atoms with Crippen LogP contribution in [0.5, 0.6) is 0 Å². The highest BCUT2D eigenvalue weighted by Gasteiger charge is 2.27. The number of benzene rings is 1. The second-order valence-electron chi connectivity index (χ2n) is 3.68. The molecule has 0 N–H and O–H groups in total. The van der Waals surface area contributed by atoms with Gasteiger partial charge in [-0.3, -0.25) is 9.59 Å². The van der Waals surface area contributed by atoms with E-state index in [4.69, 9.17) is 0 Å². The normalized spacial score (nSPS) is 22.4. The highest BCUT2D eigenvalue weighted by atomic mass is 16.1. The summed E-state index contributed by atoms with van der Waals surface area (Å²) in [5.74, 6) is 0.114. The Bertz CT molecular complexity index is 354. The van der Waals surface area contributed by atoms with Crippen molar-refractivity contribution < 1.29 is 9.59 Å². The molecule has 0 heterocycles. The molecule has 1 saturated carbocycles. The minimum Gasteiger partial charge on any atom is -0.299 e. The predicted molar refractivity (Wildman–Crippen MR) is 53.0 cm³/mol. The summed E-state index contributed by atoms with van der Waals surface area (Å²) in [6.07, 6.45) is 1.35. The summed E-state index contributed by atoms with van der Waals surface area (Å²) in [4.78, 5) is 22.6. The molecule has 2 heteroatoms. The monoisotopic (exact) mass is 188 g/mol. The molecule has 1 atom stereocenters. The quantitative estimate of drug-likeness (QED) is 0.632. The number of ketones is 2. The first-order chi connectivity index (χ1) is 6.77. The van der Waals surface area contributed by atoms with Gasteiger partial charge in [-0.15, -0.1) is 0 Å². The average Bonchev–Trinajstić information content (AvgIpc) is 2.19. The van der Waals surface area contributed by atoms with Gasteiger partial charge >= 0.3 is 0 Å². The van der Waals surface area contributed by atoms with Gasteiger partial charge in [-0.05, 0) is 12.0 Å². The van der Waals surface area contributed by atoms with E-state index in [-0.39, 0.29) is 23.9 Å². The summed E-state index contributed by atoms with van der Waals surface area (Å²) in [6, 6.07) is 9.71. The van der Waals surface area contributed by atoms with Crippen LogP contribution in [0.25, 0.3) is 0 Å². The SMILES string of the molecule is O=C1CC[C@@H](c2ccccc2)C(=O)C1. The first-order valence-corrected chi connectivity index (χ1v) is 4.87. The second-order valence-corrected chi connectivity index (χ2v) is 3.68. The number of hydrogen-bond acceptors (Lipinski definition) is 2. The lowest BCUT2D eigenvalue weighted by Gasteiger charge is -2.19. The summed E-state index contributed by atoms with van der Waals surface area (Å²) in [7, 11) is 0. The molecule has 0 bridgehead atoms. The molecule has 72 valence electrons. The number of Topliss-reactive ketones (excluding diaryl/α,β-unsaturated/α-hetero) is 2. The molecule has 1 aliphatic rings. The Morgan fingerprint density at radius 1 is 1.07 bits per heavy atom. The van der Waals surface area contributed by atoms with Gasteiger partial charge in [0, 0.05) is 12.3 Å². The van der Waals surface area contributed by atoms with Crippen LogP contribution in [-0.4, -0.2) is 11.6 Å². The minimum atomic E-state index is -0.0473. The van der Waals surface area contributed by atoms with Crippen molar-refractivity contribution in [1.82, 2.24) is 0 Å². The Labute approximate surface area is 82.9 Å². The summed E-state index contributed by atoms with van der Waals surface area (Å²) in [5.41, 5.74) is 1.05. The molecule has 1 aliphatic carbocycles. The van der Waals surface area contributed by atoms with Gasteiger partial charge in [0.15, 0.2) is 0 Å². The Morgan fingerprint density at radius 3 is 2.43 bits per heavy atom. The van der Waals surface area contributed by atoms with E-state index in [2.05, 4.69) is 0 Å². The van der Waals surface area contributed by atoms with Crippen molar-refractivity contribution in [3.63, 3.8) is 0 Å². The molecule has 1 aromatic rings. The number of rotatable bonds is 1. The van der Waals surface area contributed by atoms with Crippen LogP contribution in [0.15, 0.2) is 30.3 Å². The number of carbonyl (C=O) groups excluding carboxylic acids is 2. The smallest absolute Gasteiger partial charge is 0.147 e. The highest BCUT2D eigenvalue weighted by Crippen LogP contribution is 2.27. The zero-order valence-corrected chi connectivity index (χ0v) is 7.90. The van der Waals surface area contributed by atoms with Gasteiger partial charge in [-0.2, -0.15) is 0 Å². The lowest BCUT2D eigenvalue weighted by atomic mass is 9.82. The number of hydrogen-bond donors (Lipinski definition) is 0. The van der Waals surface area contributed by atoms with Crippen LogP contribution in [0.2, 0.25) is 0 Å². The van der Waals surface area contributed by atoms with E-state index in [1.165, 1.54) is 0 Å². The van der Waals surface area contributed by atoms with E-state index in [0.29, 0.717) is 12.8 Å².